The third-order valence-electron chi connectivity index (χ3n) is 5.26. The summed E-state index contributed by atoms with van der Waals surface area (Å²) in [4.78, 5) is 37.8. The highest BCUT2D eigenvalue weighted by atomic mass is 16.5. The number of amides is 2. The molecule has 2 aliphatic rings. The molecule has 2 amide bonds. The van der Waals surface area contributed by atoms with E-state index in [0.717, 1.165) is 25.7 Å². The number of rotatable bonds is 6. The molecule has 0 bridgehead atoms. The standard InChI is InChI=1S/C19H24N2O5/c1-26-16-7-6-12(8-15(16)19(24)25)10-20-18(23)13-9-17(22)21(11-13)14-4-2-3-5-14/h6-8,13-14H,2-5,9-11H2,1H3,(H,20,23)(H,24,25)/t13-/m1/s1. The van der Waals surface area contributed by atoms with Gasteiger partial charge in [-0.25, -0.2) is 4.79 Å². The molecule has 26 heavy (non-hydrogen) atoms. The van der Waals surface area contributed by atoms with E-state index in [2.05, 4.69) is 5.32 Å². The lowest BCUT2D eigenvalue weighted by Crippen LogP contribution is -2.36. The van der Waals surface area contributed by atoms with Gasteiger partial charge in [0, 0.05) is 25.6 Å². The lowest BCUT2D eigenvalue weighted by molar-refractivity contribution is -0.130. The summed E-state index contributed by atoms with van der Waals surface area (Å²) in [5.41, 5.74) is 0.733. The number of hydrogen-bond acceptors (Lipinski definition) is 4. The third-order valence-corrected chi connectivity index (χ3v) is 5.26. The molecule has 140 valence electrons. The van der Waals surface area contributed by atoms with E-state index < -0.39 is 5.97 Å². The molecule has 7 heteroatoms. The predicted molar refractivity (Wildman–Crippen MR) is 93.9 cm³/mol. The second kappa shape index (κ2) is 7.76. The summed E-state index contributed by atoms with van der Waals surface area (Å²) in [6.07, 6.45) is 4.61. The van der Waals surface area contributed by atoms with E-state index in [1.807, 2.05) is 4.90 Å². The Balaban J connectivity index is 1.58. The minimum absolute atomic E-state index is 0.0581. The van der Waals surface area contributed by atoms with Crippen molar-refractivity contribution in [3.05, 3.63) is 29.3 Å². The number of carbonyl (C=O) groups is 3. The number of carboxylic acid groups (broad SMARTS) is 1. The fourth-order valence-corrected chi connectivity index (χ4v) is 3.84. The number of nitrogens with one attached hydrogen (secondary N) is 1. The molecule has 1 aliphatic carbocycles. The first-order valence-electron chi connectivity index (χ1n) is 8.97. The van der Waals surface area contributed by atoms with E-state index in [0.29, 0.717) is 18.2 Å². The molecule has 2 fully saturated rings. The maximum atomic E-state index is 12.4. The van der Waals surface area contributed by atoms with E-state index in [1.165, 1.54) is 13.2 Å². The Kier molecular flexibility index (Phi) is 5.44. The molecule has 1 atom stereocenters. The molecule has 3 rings (SSSR count). The lowest BCUT2D eigenvalue weighted by Gasteiger charge is -2.23. The van der Waals surface area contributed by atoms with Crippen LogP contribution in [0.1, 0.15) is 48.0 Å². The normalized spacial score (nSPS) is 20.4. The topological polar surface area (TPSA) is 95.9 Å². The van der Waals surface area contributed by atoms with Crippen molar-refractivity contribution in [3.63, 3.8) is 0 Å². The summed E-state index contributed by atoms with van der Waals surface area (Å²) >= 11 is 0. The number of carbonyl (C=O) groups excluding carboxylic acids is 2. The molecular weight excluding hydrogens is 336 g/mol. The van der Waals surface area contributed by atoms with Crippen molar-refractivity contribution in [1.82, 2.24) is 10.2 Å². The molecule has 0 radical (unpaired) electrons. The van der Waals surface area contributed by atoms with Gasteiger partial charge in [-0.2, -0.15) is 0 Å². The minimum Gasteiger partial charge on any atom is -0.496 e. The van der Waals surface area contributed by atoms with Gasteiger partial charge in [0.2, 0.25) is 11.8 Å². The number of likely N-dealkylation sites (tertiary alicyclic amines) is 1. The highest BCUT2D eigenvalue weighted by Gasteiger charge is 2.38. The van der Waals surface area contributed by atoms with Crippen LogP contribution in [-0.2, 0) is 16.1 Å². The van der Waals surface area contributed by atoms with Gasteiger partial charge in [-0.1, -0.05) is 18.9 Å². The minimum atomic E-state index is -1.08. The van der Waals surface area contributed by atoms with Crippen molar-refractivity contribution in [2.24, 2.45) is 5.92 Å². The summed E-state index contributed by atoms with van der Waals surface area (Å²) in [5.74, 6) is -1.23. The maximum Gasteiger partial charge on any atom is 0.339 e. The SMILES string of the molecule is COc1ccc(CNC(=O)[C@@H]2CC(=O)N(C3CCCC3)C2)cc1C(=O)O. The maximum absolute atomic E-state index is 12.4. The van der Waals surface area contributed by atoms with Gasteiger partial charge in [0.05, 0.1) is 13.0 Å². The largest absolute Gasteiger partial charge is 0.496 e. The summed E-state index contributed by atoms with van der Waals surface area (Å²) in [5, 5.41) is 12.0. The van der Waals surface area contributed by atoms with Gasteiger partial charge in [-0.15, -0.1) is 0 Å². The Morgan fingerprint density at radius 3 is 2.69 bits per heavy atom. The molecule has 1 heterocycles. The van der Waals surface area contributed by atoms with Gasteiger partial charge in [-0.05, 0) is 30.5 Å². The van der Waals surface area contributed by atoms with Gasteiger partial charge in [0.15, 0.2) is 0 Å². The zero-order valence-electron chi connectivity index (χ0n) is 14.9. The molecule has 0 spiro atoms. The molecule has 1 saturated heterocycles. The van der Waals surface area contributed by atoms with Crippen molar-refractivity contribution in [1.29, 1.82) is 0 Å². The van der Waals surface area contributed by atoms with Crippen LogP contribution in [0.25, 0.3) is 0 Å². The number of hydrogen-bond donors (Lipinski definition) is 2. The molecule has 7 nitrogen and oxygen atoms in total. The van der Waals surface area contributed by atoms with Crippen molar-refractivity contribution in [2.75, 3.05) is 13.7 Å². The van der Waals surface area contributed by atoms with E-state index in [1.54, 1.807) is 12.1 Å². The van der Waals surface area contributed by atoms with Crippen LogP contribution < -0.4 is 10.1 Å². The van der Waals surface area contributed by atoms with Gasteiger partial charge >= 0.3 is 5.97 Å². The van der Waals surface area contributed by atoms with Gasteiger partial charge in [0.25, 0.3) is 0 Å². The number of carboxylic acids is 1. The molecule has 0 unspecified atom stereocenters. The first-order chi connectivity index (χ1) is 12.5. The van der Waals surface area contributed by atoms with Gasteiger partial charge in [-0.3, -0.25) is 9.59 Å². The van der Waals surface area contributed by atoms with Crippen LogP contribution in [0.2, 0.25) is 0 Å². The Morgan fingerprint density at radius 2 is 2.04 bits per heavy atom. The number of nitrogens with zero attached hydrogens (tertiary/aromatic N) is 1. The van der Waals surface area contributed by atoms with Crippen LogP contribution in [0.3, 0.4) is 0 Å². The van der Waals surface area contributed by atoms with Crippen LogP contribution in [0, 0.1) is 5.92 Å². The molecule has 2 N–H and O–H groups in total. The van der Waals surface area contributed by atoms with E-state index in [4.69, 9.17) is 4.74 Å². The Hall–Kier alpha value is -2.57. The first kappa shape index (κ1) is 18.2. The molecule has 1 aromatic carbocycles. The van der Waals surface area contributed by atoms with Gasteiger partial charge < -0.3 is 20.1 Å². The van der Waals surface area contributed by atoms with Crippen molar-refractivity contribution in [2.45, 2.75) is 44.7 Å². The Labute approximate surface area is 152 Å². The lowest BCUT2D eigenvalue weighted by atomic mass is 10.1. The fourth-order valence-electron chi connectivity index (χ4n) is 3.84. The van der Waals surface area contributed by atoms with E-state index in [9.17, 15) is 19.5 Å². The van der Waals surface area contributed by atoms with Crippen LogP contribution in [-0.4, -0.2) is 47.5 Å². The summed E-state index contributed by atoms with van der Waals surface area (Å²) in [6, 6.07) is 5.08. The molecule has 1 aliphatic heterocycles. The first-order valence-corrected chi connectivity index (χ1v) is 8.97. The van der Waals surface area contributed by atoms with Crippen molar-refractivity contribution >= 4 is 17.8 Å². The number of methoxy groups -OCH3 is 1. The van der Waals surface area contributed by atoms with Crippen LogP contribution in [0.5, 0.6) is 5.75 Å². The van der Waals surface area contributed by atoms with Gasteiger partial charge in [0.1, 0.15) is 11.3 Å². The number of ether oxygens (including phenoxy) is 1. The fraction of sp³-hybridized carbons (Fsp3) is 0.526. The summed E-state index contributed by atoms with van der Waals surface area (Å²) in [7, 11) is 1.41. The zero-order chi connectivity index (χ0) is 18.7. The predicted octanol–water partition coefficient (Wildman–Crippen LogP) is 1.80. The monoisotopic (exact) mass is 360 g/mol. The van der Waals surface area contributed by atoms with Crippen LogP contribution in [0.15, 0.2) is 18.2 Å². The van der Waals surface area contributed by atoms with Crippen molar-refractivity contribution in [3.8, 4) is 5.75 Å². The Morgan fingerprint density at radius 1 is 1.31 bits per heavy atom. The molecule has 1 aromatic rings. The Bertz CT molecular complexity index is 712. The quantitative estimate of drug-likeness (QED) is 0.806. The highest BCUT2D eigenvalue weighted by Crippen LogP contribution is 2.29. The van der Waals surface area contributed by atoms with Crippen LogP contribution >= 0.6 is 0 Å². The highest BCUT2D eigenvalue weighted by molar-refractivity contribution is 5.91. The number of benzene rings is 1. The zero-order valence-corrected chi connectivity index (χ0v) is 14.9. The van der Waals surface area contributed by atoms with Crippen molar-refractivity contribution < 1.29 is 24.2 Å². The van der Waals surface area contributed by atoms with Crippen LogP contribution in [0.4, 0.5) is 0 Å². The molecular formula is C19H24N2O5. The van der Waals surface area contributed by atoms with E-state index in [-0.39, 0.29) is 42.0 Å². The summed E-state index contributed by atoms with van der Waals surface area (Å²) in [6.45, 7) is 0.704. The number of aromatic carboxylic acids is 1. The average molecular weight is 360 g/mol. The smallest absolute Gasteiger partial charge is 0.339 e. The summed E-state index contributed by atoms with van der Waals surface area (Å²) < 4.78 is 5.03. The third kappa shape index (κ3) is 3.81. The second-order valence-electron chi connectivity index (χ2n) is 6.94. The molecule has 1 saturated carbocycles. The molecule has 0 aromatic heterocycles. The average Bonchev–Trinajstić information content (AvgIpc) is 3.28. The second-order valence-corrected chi connectivity index (χ2v) is 6.94. The van der Waals surface area contributed by atoms with E-state index >= 15 is 0 Å².